The molecule has 1 atom stereocenters. The molecule has 1 unspecified atom stereocenters. The summed E-state index contributed by atoms with van der Waals surface area (Å²) in [6.45, 7) is 6.32. The van der Waals surface area contributed by atoms with Crippen LogP contribution in [0.3, 0.4) is 0 Å². The van der Waals surface area contributed by atoms with Gasteiger partial charge in [-0.05, 0) is 80.1 Å². The molecule has 0 spiro atoms. The van der Waals surface area contributed by atoms with Crippen molar-refractivity contribution in [2.24, 2.45) is 5.73 Å². The first kappa shape index (κ1) is 28.6. The Hall–Kier alpha value is -2.97. The van der Waals surface area contributed by atoms with Crippen LogP contribution in [0.5, 0.6) is 0 Å². The molecule has 0 saturated heterocycles. The summed E-state index contributed by atoms with van der Waals surface area (Å²) in [6, 6.07) is 14.0. The van der Waals surface area contributed by atoms with Crippen LogP contribution < -0.4 is 16.4 Å². The highest BCUT2D eigenvalue weighted by Gasteiger charge is 2.22. The third-order valence-corrected chi connectivity index (χ3v) is 6.46. The van der Waals surface area contributed by atoms with E-state index >= 15 is 0 Å². The third-order valence-electron chi connectivity index (χ3n) is 6.21. The maximum Gasteiger partial charge on any atom is 0.413 e. The number of hydrogen-bond donors (Lipinski definition) is 3. The summed E-state index contributed by atoms with van der Waals surface area (Å²) < 4.78 is 10.7. The van der Waals surface area contributed by atoms with Crippen molar-refractivity contribution in [1.29, 1.82) is 0 Å². The van der Waals surface area contributed by atoms with Gasteiger partial charge in [-0.2, -0.15) is 0 Å². The van der Waals surface area contributed by atoms with E-state index < -0.39 is 17.7 Å². The Kier molecular flexibility index (Phi) is 10.5. The molecule has 7 nitrogen and oxygen atoms in total. The van der Waals surface area contributed by atoms with E-state index in [4.69, 9.17) is 27.4 Å². The fraction of sp³-hybridized carbons (Fsp3) is 0.483. The van der Waals surface area contributed by atoms with Gasteiger partial charge in [0.05, 0.1) is 0 Å². The Labute approximate surface area is 225 Å². The van der Waals surface area contributed by atoms with Gasteiger partial charge in [-0.3, -0.25) is 10.1 Å². The lowest BCUT2D eigenvalue weighted by Gasteiger charge is -2.20. The van der Waals surface area contributed by atoms with Gasteiger partial charge in [-0.15, -0.1) is 0 Å². The zero-order valence-electron chi connectivity index (χ0n) is 22.1. The quantitative estimate of drug-likeness (QED) is 0.176. The molecule has 8 heteroatoms. The van der Waals surface area contributed by atoms with Crippen LogP contribution in [0.15, 0.2) is 42.5 Å². The minimum atomic E-state index is -0.605. The Morgan fingerprint density at radius 3 is 2.49 bits per heavy atom. The van der Waals surface area contributed by atoms with E-state index in [1.165, 1.54) is 22.3 Å². The standard InChI is InChI=1S/C29H39N3O4S/c1-29(2,3)36-28(34)32-27(37)31-17-10-6-4-5-7-16-25(30)26(33)35-19-21-13-11-15-23-22-14-9-8-12-20(22)18-24(21)23/h8-9,11-15,25H,4-7,10,16-19,30H2,1-3H3,(H2,31,32,34,37). The fourth-order valence-corrected chi connectivity index (χ4v) is 4.58. The monoisotopic (exact) mass is 525 g/mol. The second-order valence-electron chi connectivity index (χ2n) is 10.4. The summed E-state index contributed by atoms with van der Waals surface area (Å²) >= 11 is 5.10. The van der Waals surface area contributed by atoms with E-state index in [1.54, 1.807) is 20.8 Å². The highest BCUT2D eigenvalue weighted by molar-refractivity contribution is 7.80. The molecule has 200 valence electrons. The lowest BCUT2D eigenvalue weighted by atomic mass is 10.0. The molecule has 1 aliphatic carbocycles. The number of ether oxygens (including phenoxy) is 2. The topological polar surface area (TPSA) is 103 Å². The zero-order valence-corrected chi connectivity index (χ0v) is 22.9. The number of rotatable bonds is 11. The van der Waals surface area contributed by atoms with Crippen LogP contribution >= 0.6 is 12.2 Å². The first-order chi connectivity index (χ1) is 17.6. The molecule has 4 N–H and O–H groups in total. The SMILES string of the molecule is CC(C)(C)OC(=O)NC(=S)NCCCCCCCC(N)C(=O)OCc1cccc2c1Cc1ccccc1-2. The van der Waals surface area contributed by atoms with E-state index in [-0.39, 0.29) is 17.7 Å². The molecule has 2 aromatic rings. The largest absolute Gasteiger partial charge is 0.460 e. The third kappa shape index (κ3) is 9.13. The van der Waals surface area contributed by atoms with Crippen molar-refractivity contribution in [3.63, 3.8) is 0 Å². The van der Waals surface area contributed by atoms with Gasteiger partial charge in [0.2, 0.25) is 0 Å². The Morgan fingerprint density at radius 2 is 1.70 bits per heavy atom. The van der Waals surface area contributed by atoms with Crippen LogP contribution in [0.4, 0.5) is 4.79 Å². The van der Waals surface area contributed by atoms with Crippen LogP contribution in [0.1, 0.15) is 76.0 Å². The summed E-state index contributed by atoms with van der Waals surface area (Å²) in [7, 11) is 0. The first-order valence-electron chi connectivity index (χ1n) is 13.0. The van der Waals surface area contributed by atoms with Crippen LogP contribution in [0.25, 0.3) is 11.1 Å². The predicted octanol–water partition coefficient (Wildman–Crippen LogP) is 5.37. The molecule has 0 fully saturated rings. The highest BCUT2D eigenvalue weighted by Crippen LogP contribution is 2.38. The number of unbranched alkanes of at least 4 members (excludes halogenated alkanes) is 4. The molecule has 0 aromatic heterocycles. The smallest absolute Gasteiger partial charge is 0.413 e. The first-order valence-corrected chi connectivity index (χ1v) is 13.4. The number of amides is 1. The number of carbonyl (C=O) groups excluding carboxylic acids is 2. The molecule has 0 bridgehead atoms. The van der Waals surface area contributed by atoms with Crippen LogP contribution in [0, 0.1) is 0 Å². The lowest BCUT2D eigenvalue weighted by Crippen LogP contribution is -2.42. The molecule has 1 aliphatic rings. The highest BCUT2D eigenvalue weighted by atomic mass is 32.1. The Bertz CT molecular complexity index is 1100. The molecule has 3 rings (SSSR count). The number of hydrogen-bond acceptors (Lipinski definition) is 6. The van der Waals surface area contributed by atoms with Crippen molar-refractivity contribution in [3.8, 4) is 11.1 Å². The molecule has 1 amide bonds. The molecule has 0 aliphatic heterocycles. The van der Waals surface area contributed by atoms with Gasteiger partial charge in [-0.25, -0.2) is 4.79 Å². The summed E-state index contributed by atoms with van der Waals surface area (Å²) in [6.07, 6.45) is 5.76. The van der Waals surface area contributed by atoms with E-state index in [2.05, 4.69) is 41.0 Å². The van der Waals surface area contributed by atoms with Crippen molar-refractivity contribution in [1.82, 2.24) is 10.6 Å². The van der Waals surface area contributed by atoms with Crippen LogP contribution in [-0.2, 0) is 27.3 Å². The van der Waals surface area contributed by atoms with Crippen LogP contribution in [-0.4, -0.2) is 35.4 Å². The number of benzene rings is 2. The van der Waals surface area contributed by atoms with Gasteiger partial charge in [0.1, 0.15) is 18.2 Å². The van der Waals surface area contributed by atoms with E-state index in [9.17, 15) is 9.59 Å². The van der Waals surface area contributed by atoms with Gasteiger partial charge in [-0.1, -0.05) is 68.1 Å². The second kappa shape index (κ2) is 13.5. The van der Waals surface area contributed by atoms with Crippen molar-refractivity contribution in [3.05, 3.63) is 59.2 Å². The number of alkyl carbamates (subject to hydrolysis) is 1. The summed E-state index contributed by atoms with van der Waals surface area (Å²) in [5.41, 5.74) is 11.6. The average Bonchev–Trinajstić information content (AvgIpc) is 3.22. The molecular weight excluding hydrogens is 486 g/mol. The predicted molar refractivity (Wildman–Crippen MR) is 150 cm³/mol. The van der Waals surface area contributed by atoms with E-state index in [1.807, 2.05) is 12.1 Å². The maximum absolute atomic E-state index is 12.5. The summed E-state index contributed by atoms with van der Waals surface area (Å²) in [5, 5.41) is 5.79. The van der Waals surface area contributed by atoms with Crippen molar-refractivity contribution >= 4 is 29.4 Å². The maximum atomic E-state index is 12.5. The van der Waals surface area contributed by atoms with Gasteiger partial charge in [0, 0.05) is 6.54 Å². The van der Waals surface area contributed by atoms with Crippen molar-refractivity contribution < 1.29 is 19.1 Å². The average molecular weight is 526 g/mol. The van der Waals surface area contributed by atoms with Crippen molar-refractivity contribution in [2.45, 2.75) is 84.0 Å². The van der Waals surface area contributed by atoms with Gasteiger partial charge in [0.25, 0.3) is 0 Å². The van der Waals surface area contributed by atoms with Gasteiger partial charge >= 0.3 is 12.1 Å². The van der Waals surface area contributed by atoms with Crippen LogP contribution in [0.2, 0.25) is 0 Å². The number of nitrogens with one attached hydrogen (secondary N) is 2. The molecule has 0 saturated carbocycles. The normalized spacial score (nSPS) is 12.8. The van der Waals surface area contributed by atoms with Gasteiger partial charge in [0.15, 0.2) is 5.11 Å². The zero-order chi connectivity index (χ0) is 26.8. The van der Waals surface area contributed by atoms with E-state index in [0.29, 0.717) is 13.0 Å². The minimum Gasteiger partial charge on any atom is -0.460 e. The number of carbonyl (C=O) groups is 2. The summed E-state index contributed by atoms with van der Waals surface area (Å²) in [4.78, 5) is 24.1. The fourth-order valence-electron chi connectivity index (χ4n) is 4.39. The number of esters is 1. The molecule has 37 heavy (non-hydrogen) atoms. The van der Waals surface area contributed by atoms with Crippen molar-refractivity contribution in [2.75, 3.05) is 6.54 Å². The lowest BCUT2D eigenvalue weighted by molar-refractivity contribution is -0.146. The molecule has 0 radical (unpaired) electrons. The van der Waals surface area contributed by atoms with E-state index in [0.717, 1.165) is 44.1 Å². The minimum absolute atomic E-state index is 0.251. The number of nitrogens with two attached hydrogens (primary N) is 1. The molecule has 2 aromatic carbocycles. The molecular formula is C29H39N3O4S. The number of fused-ring (bicyclic) bond motifs is 3. The Morgan fingerprint density at radius 1 is 1.00 bits per heavy atom. The second-order valence-corrected chi connectivity index (χ2v) is 10.8. The summed E-state index contributed by atoms with van der Waals surface area (Å²) in [5.74, 6) is -0.344. The Balaban J connectivity index is 1.25. The molecule has 0 heterocycles. The van der Waals surface area contributed by atoms with Gasteiger partial charge < -0.3 is 20.5 Å². The number of thiocarbonyl (C=S) groups is 1.